The monoisotopic (exact) mass is 429 g/mol. The lowest BCUT2D eigenvalue weighted by molar-refractivity contribution is -0.127. The maximum absolute atomic E-state index is 13.3. The van der Waals surface area contributed by atoms with Gasteiger partial charge in [0.1, 0.15) is 0 Å². The number of amides is 3. The van der Waals surface area contributed by atoms with Crippen LogP contribution >= 0.6 is 12.4 Å². The molecule has 3 amide bonds. The van der Waals surface area contributed by atoms with Crippen molar-refractivity contribution in [3.8, 4) is 0 Å². The molecule has 8 heteroatoms. The Kier molecular flexibility index (Phi) is 6.82. The van der Waals surface area contributed by atoms with E-state index in [0.29, 0.717) is 32.1 Å². The molecule has 30 heavy (non-hydrogen) atoms. The lowest BCUT2D eigenvalue weighted by atomic mass is 10.0. The van der Waals surface area contributed by atoms with Gasteiger partial charge < -0.3 is 14.7 Å². The van der Waals surface area contributed by atoms with E-state index < -0.39 is 0 Å². The van der Waals surface area contributed by atoms with Gasteiger partial charge in [-0.1, -0.05) is 18.2 Å². The fraction of sp³-hybridized carbons (Fsp3) is 0.409. The number of anilines is 2. The fourth-order valence-electron chi connectivity index (χ4n) is 4.08. The topological polar surface area (TPSA) is 60.0 Å². The molecule has 1 aromatic carbocycles. The van der Waals surface area contributed by atoms with Crippen LogP contribution in [0.3, 0.4) is 0 Å². The SMILES string of the molecule is CN(C)C(=O)CN1CCN(C(=O)N2CCC(c3cccnc3)C2)c2ccccc21.Cl. The smallest absolute Gasteiger partial charge is 0.324 e. The van der Waals surface area contributed by atoms with Gasteiger partial charge in [0, 0.05) is 58.6 Å². The molecule has 2 aliphatic heterocycles. The van der Waals surface area contributed by atoms with Crippen LogP contribution in [0.5, 0.6) is 0 Å². The number of likely N-dealkylation sites (N-methyl/N-ethyl adjacent to an activating group) is 1. The predicted molar refractivity (Wildman–Crippen MR) is 121 cm³/mol. The summed E-state index contributed by atoms with van der Waals surface area (Å²) in [6.45, 7) is 3.00. The normalized spacial score (nSPS) is 17.9. The molecule has 1 aromatic heterocycles. The van der Waals surface area contributed by atoms with Gasteiger partial charge in [-0.05, 0) is 30.2 Å². The Hall–Kier alpha value is -2.80. The summed E-state index contributed by atoms with van der Waals surface area (Å²) in [6.07, 6.45) is 4.63. The van der Waals surface area contributed by atoms with Crippen molar-refractivity contribution in [2.45, 2.75) is 12.3 Å². The molecule has 160 valence electrons. The summed E-state index contributed by atoms with van der Waals surface area (Å²) in [6, 6.07) is 11.9. The highest BCUT2D eigenvalue weighted by Gasteiger charge is 2.34. The molecule has 1 saturated heterocycles. The van der Waals surface area contributed by atoms with Crippen molar-refractivity contribution in [1.82, 2.24) is 14.8 Å². The molecule has 0 spiro atoms. The molecule has 4 rings (SSSR count). The molecule has 2 aromatic rings. The Balaban J connectivity index is 0.00000256. The molecule has 0 bridgehead atoms. The van der Waals surface area contributed by atoms with Crippen LogP contribution in [-0.4, -0.2) is 73.5 Å². The van der Waals surface area contributed by atoms with Crippen molar-refractivity contribution < 1.29 is 9.59 Å². The maximum atomic E-state index is 13.3. The fourth-order valence-corrected chi connectivity index (χ4v) is 4.08. The first kappa shape index (κ1) is 21.9. The Morgan fingerprint density at radius 1 is 1.07 bits per heavy atom. The maximum Gasteiger partial charge on any atom is 0.324 e. The van der Waals surface area contributed by atoms with Crippen LogP contribution in [0.15, 0.2) is 48.8 Å². The molecule has 0 aliphatic carbocycles. The molecule has 1 unspecified atom stereocenters. The van der Waals surface area contributed by atoms with Crippen molar-refractivity contribution in [3.05, 3.63) is 54.4 Å². The second-order valence-electron chi connectivity index (χ2n) is 7.85. The summed E-state index contributed by atoms with van der Waals surface area (Å²) >= 11 is 0. The van der Waals surface area contributed by atoms with Gasteiger partial charge in [-0.3, -0.25) is 14.7 Å². The molecule has 0 N–H and O–H groups in total. The van der Waals surface area contributed by atoms with Crippen LogP contribution in [0.4, 0.5) is 16.2 Å². The molecular formula is C22H28ClN5O2. The zero-order valence-corrected chi connectivity index (χ0v) is 18.2. The lowest BCUT2D eigenvalue weighted by Gasteiger charge is -2.39. The number of hydrogen-bond acceptors (Lipinski definition) is 4. The second kappa shape index (κ2) is 9.34. The first-order chi connectivity index (χ1) is 14.0. The second-order valence-corrected chi connectivity index (χ2v) is 7.85. The van der Waals surface area contributed by atoms with Gasteiger partial charge in [0.25, 0.3) is 0 Å². The molecule has 0 saturated carbocycles. The number of carbonyl (C=O) groups is 2. The number of halogens is 1. The minimum Gasteiger partial charge on any atom is -0.359 e. The highest BCUT2D eigenvalue weighted by atomic mass is 35.5. The van der Waals surface area contributed by atoms with E-state index in [1.807, 2.05) is 46.3 Å². The molecular weight excluding hydrogens is 402 g/mol. The van der Waals surface area contributed by atoms with Crippen molar-refractivity contribution in [2.24, 2.45) is 0 Å². The number of aromatic nitrogens is 1. The highest BCUT2D eigenvalue weighted by molar-refractivity contribution is 5.97. The molecule has 1 fully saturated rings. The van der Waals surface area contributed by atoms with Crippen molar-refractivity contribution >= 4 is 35.7 Å². The van der Waals surface area contributed by atoms with Crippen LogP contribution < -0.4 is 9.80 Å². The van der Waals surface area contributed by atoms with E-state index in [1.54, 1.807) is 25.2 Å². The molecule has 1 atom stereocenters. The Bertz CT molecular complexity index is 892. The van der Waals surface area contributed by atoms with Crippen LogP contribution in [-0.2, 0) is 4.79 Å². The minimum atomic E-state index is 0. The number of likely N-dealkylation sites (tertiary alicyclic amines) is 1. The van der Waals surface area contributed by atoms with Crippen LogP contribution in [0.2, 0.25) is 0 Å². The van der Waals surface area contributed by atoms with E-state index in [9.17, 15) is 9.59 Å². The number of nitrogens with zero attached hydrogens (tertiary/aromatic N) is 5. The zero-order valence-electron chi connectivity index (χ0n) is 17.4. The standard InChI is InChI=1S/C22H27N5O2.ClH/c1-24(2)21(28)16-25-12-13-27(20-8-4-3-7-19(20)25)22(29)26-11-9-18(15-26)17-6-5-10-23-14-17;/h3-8,10,14,18H,9,11-13,15-16H2,1-2H3;1H. The Morgan fingerprint density at radius 2 is 1.83 bits per heavy atom. The van der Waals surface area contributed by atoms with Gasteiger partial charge in [0.05, 0.1) is 17.9 Å². The molecule has 7 nitrogen and oxygen atoms in total. The Labute approximate surface area is 183 Å². The van der Waals surface area contributed by atoms with Crippen LogP contribution in [0.25, 0.3) is 0 Å². The first-order valence-corrected chi connectivity index (χ1v) is 10.0. The van der Waals surface area contributed by atoms with E-state index in [1.165, 1.54) is 5.56 Å². The van der Waals surface area contributed by atoms with Crippen LogP contribution in [0.1, 0.15) is 17.9 Å². The summed E-state index contributed by atoms with van der Waals surface area (Å²) in [4.78, 5) is 37.2. The average Bonchev–Trinajstić information content (AvgIpc) is 3.24. The summed E-state index contributed by atoms with van der Waals surface area (Å²) in [5.74, 6) is 0.389. The quantitative estimate of drug-likeness (QED) is 0.752. The van der Waals surface area contributed by atoms with Gasteiger partial charge in [0.15, 0.2) is 0 Å². The summed E-state index contributed by atoms with van der Waals surface area (Å²) in [5, 5.41) is 0. The summed E-state index contributed by atoms with van der Waals surface area (Å²) < 4.78 is 0. The van der Waals surface area contributed by atoms with Gasteiger partial charge >= 0.3 is 6.03 Å². The third-order valence-corrected chi connectivity index (χ3v) is 5.78. The van der Waals surface area contributed by atoms with Crippen LogP contribution in [0, 0.1) is 0 Å². The summed E-state index contributed by atoms with van der Waals surface area (Å²) in [7, 11) is 3.53. The molecule has 3 heterocycles. The average molecular weight is 430 g/mol. The van der Waals surface area contributed by atoms with E-state index in [-0.39, 0.29) is 24.3 Å². The van der Waals surface area contributed by atoms with Crippen molar-refractivity contribution in [3.63, 3.8) is 0 Å². The van der Waals surface area contributed by atoms with E-state index >= 15 is 0 Å². The van der Waals surface area contributed by atoms with Gasteiger partial charge in [-0.15, -0.1) is 12.4 Å². The van der Waals surface area contributed by atoms with Crippen molar-refractivity contribution in [2.75, 3.05) is 56.6 Å². The number of urea groups is 1. The third-order valence-electron chi connectivity index (χ3n) is 5.78. The largest absolute Gasteiger partial charge is 0.359 e. The molecule has 0 radical (unpaired) electrons. The van der Waals surface area contributed by atoms with Gasteiger partial charge in [-0.25, -0.2) is 4.79 Å². The number of para-hydroxylation sites is 2. The molecule has 2 aliphatic rings. The number of rotatable bonds is 3. The Morgan fingerprint density at radius 3 is 2.53 bits per heavy atom. The third kappa shape index (κ3) is 4.36. The van der Waals surface area contributed by atoms with Crippen molar-refractivity contribution in [1.29, 1.82) is 0 Å². The van der Waals surface area contributed by atoms with E-state index in [4.69, 9.17) is 0 Å². The minimum absolute atomic E-state index is 0. The van der Waals surface area contributed by atoms with Gasteiger partial charge in [0.2, 0.25) is 5.91 Å². The van der Waals surface area contributed by atoms with Gasteiger partial charge in [-0.2, -0.15) is 0 Å². The van der Waals surface area contributed by atoms with E-state index in [0.717, 1.165) is 24.3 Å². The summed E-state index contributed by atoms with van der Waals surface area (Å²) in [5.41, 5.74) is 3.00. The number of fused-ring (bicyclic) bond motifs is 1. The van der Waals surface area contributed by atoms with E-state index in [2.05, 4.69) is 16.0 Å². The number of hydrogen-bond donors (Lipinski definition) is 0. The predicted octanol–water partition coefficient (Wildman–Crippen LogP) is 2.83. The lowest BCUT2D eigenvalue weighted by Crippen LogP contribution is -2.50. The zero-order chi connectivity index (χ0) is 20.4. The number of benzene rings is 1. The number of carbonyl (C=O) groups excluding carboxylic acids is 2. The number of pyridine rings is 1. The first-order valence-electron chi connectivity index (χ1n) is 10.0. The highest BCUT2D eigenvalue weighted by Crippen LogP contribution is 2.35.